The molecule has 3 heteroatoms. The number of amides is 1. The average Bonchev–Trinajstić information content (AvgIpc) is 2.90. The lowest BCUT2D eigenvalue weighted by Gasteiger charge is -2.61. The molecule has 0 bridgehead atoms. The third-order valence-corrected chi connectivity index (χ3v) is 9.01. The van der Waals surface area contributed by atoms with Crippen LogP contribution in [0.5, 0.6) is 0 Å². The first-order valence-electron chi connectivity index (χ1n) is 11.1. The minimum absolute atomic E-state index is 0.0197. The highest BCUT2D eigenvalue weighted by atomic mass is 16.3. The second-order valence-corrected chi connectivity index (χ2v) is 10.4. The Morgan fingerprint density at radius 1 is 1.12 bits per heavy atom. The van der Waals surface area contributed by atoms with Crippen LogP contribution in [-0.4, -0.2) is 36.1 Å². The first kappa shape index (κ1) is 20.2. The number of fused-ring (bicyclic) bond motifs is 3. The van der Waals surface area contributed by atoms with E-state index in [9.17, 15) is 9.90 Å². The number of hydrogen-bond acceptors (Lipinski definition) is 2. The normalized spacial score (nSPS) is 48.0. The van der Waals surface area contributed by atoms with Crippen LogP contribution in [-0.2, 0) is 4.79 Å². The van der Waals surface area contributed by atoms with Crippen molar-refractivity contribution in [2.75, 3.05) is 14.1 Å². The molecular formula is C23H41NO2. The van der Waals surface area contributed by atoms with Crippen molar-refractivity contribution in [2.45, 2.75) is 85.2 Å². The minimum Gasteiger partial charge on any atom is -0.393 e. The molecule has 26 heavy (non-hydrogen) atoms. The van der Waals surface area contributed by atoms with Crippen molar-refractivity contribution < 1.29 is 9.90 Å². The molecule has 3 rings (SSSR count). The van der Waals surface area contributed by atoms with E-state index in [1.807, 2.05) is 14.1 Å². The van der Waals surface area contributed by atoms with Gasteiger partial charge >= 0.3 is 0 Å². The molecule has 0 aromatic heterocycles. The third-order valence-electron chi connectivity index (χ3n) is 9.01. The molecule has 1 N–H and O–H groups in total. The van der Waals surface area contributed by atoms with Gasteiger partial charge in [0.2, 0.25) is 5.91 Å². The monoisotopic (exact) mass is 363 g/mol. The molecule has 0 aliphatic heterocycles. The number of aliphatic hydroxyl groups is 1. The molecule has 0 saturated heterocycles. The zero-order valence-corrected chi connectivity index (χ0v) is 17.9. The predicted molar refractivity (Wildman–Crippen MR) is 107 cm³/mol. The van der Waals surface area contributed by atoms with Crippen molar-refractivity contribution in [1.82, 2.24) is 4.90 Å². The van der Waals surface area contributed by atoms with Gasteiger partial charge in [0.15, 0.2) is 0 Å². The Hall–Kier alpha value is -0.570. The van der Waals surface area contributed by atoms with E-state index in [0.29, 0.717) is 17.8 Å². The van der Waals surface area contributed by atoms with Gasteiger partial charge in [0, 0.05) is 20.0 Å². The van der Waals surface area contributed by atoms with Crippen LogP contribution in [0.25, 0.3) is 0 Å². The Morgan fingerprint density at radius 2 is 1.81 bits per heavy atom. The van der Waals surface area contributed by atoms with Gasteiger partial charge in [0.25, 0.3) is 0 Å². The van der Waals surface area contributed by atoms with Gasteiger partial charge in [0.05, 0.1) is 6.10 Å². The van der Waals surface area contributed by atoms with Gasteiger partial charge in [-0.15, -0.1) is 0 Å². The van der Waals surface area contributed by atoms with Crippen LogP contribution >= 0.6 is 0 Å². The van der Waals surface area contributed by atoms with Crippen LogP contribution in [0.1, 0.15) is 79.1 Å². The van der Waals surface area contributed by atoms with E-state index in [4.69, 9.17) is 0 Å². The summed E-state index contributed by atoms with van der Waals surface area (Å²) in [6.07, 6.45) is 8.98. The summed E-state index contributed by atoms with van der Waals surface area (Å²) >= 11 is 0. The summed E-state index contributed by atoms with van der Waals surface area (Å²) in [4.78, 5) is 14.6. The van der Waals surface area contributed by atoms with Gasteiger partial charge in [0.1, 0.15) is 0 Å². The molecule has 0 heterocycles. The van der Waals surface area contributed by atoms with Crippen LogP contribution < -0.4 is 0 Å². The Labute approximate surface area is 160 Å². The van der Waals surface area contributed by atoms with E-state index in [1.165, 1.54) is 38.5 Å². The van der Waals surface area contributed by atoms with Gasteiger partial charge in [-0.1, -0.05) is 40.5 Å². The van der Waals surface area contributed by atoms with Crippen molar-refractivity contribution in [3.8, 4) is 0 Å². The van der Waals surface area contributed by atoms with Crippen LogP contribution in [0.4, 0.5) is 0 Å². The SMILES string of the molecule is CCCC1(C)C(CC)CCC2C3CCC(C(=O)N(C)C)C3(C)CC(O)C21. The third kappa shape index (κ3) is 2.84. The molecule has 3 saturated carbocycles. The van der Waals surface area contributed by atoms with Crippen molar-refractivity contribution >= 4 is 5.91 Å². The Kier molecular flexibility index (Phi) is 5.52. The average molecular weight is 364 g/mol. The predicted octanol–water partition coefficient (Wildman–Crippen LogP) is 4.73. The molecule has 3 nitrogen and oxygen atoms in total. The zero-order chi connectivity index (χ0) is 19.3. The summed E-state index contributed by atoms with van der Waals surface area (Å²) in [5, 5.41) is 11.4. The molecule has 8 atom stereocenters. The maximum Gasteiger partial charge on any atom is 0.225 e. The number of aliphatic hydroxyl groups excluding tert-OH is 1. The van der Waals surface area contributed by atoms with E-state index in [0.717, 1.165) is 18.8 Å². The summed E-state index contributed by atoms with van der Waals surface area (Å²) in [5.41, 5.74) is 0.241. The van der Waals surface area contributed by atoms with E-state index in [-0.39, 0.29) is 28.8 Å². The Morgan fingerprint density at radius 3 is 2.38 bits per heavy atom. The zero-order valence-electron chi connectivity index (χ0n) is 17.9. The second kappa shape index (κ2) is 7.11. The van der Waals surface area contributed by atoms with E-state index in [2.05, 4.69) is 27.7 Å². The van der Waals surface area contributed by atoms with Crippen LogP contribution in [0, 0.1) is 40.4 Å². The fourth-order valence-electron chi connectivity index (χ4n) is 7.98. The van der Waals surface area contributed by atoms with Crippen LogP contribution in [0.2, 0.25) is 0 Å². The van der Waals surface area contributed by atoms with Crippen molar-refractivity contribution in [2.24, 2.45) is 40.4 Å². The summed E-state index contributed by atoms with van der Waals surface area (Å²) in [6.45, 7) is 9.42. The standard InChI is InChI=1S/C23H41NO2/c1-7-13-22(3)15(8-2)9-10-16-17-11-12-18(21(26)24(5)6)23(17,4)14-19(25)20(16)22/h15-20,25H,7-14H2,1-6H3. The molecule has 3 aliphatic rings. The summed E-state index contributed by atoms with van der Waals surface area (Å²) < 4.78 is 0. The number of carbonyl (C=O) groups is 1. The number of carbonyl (C=O) groups excluding carboxylic acids is 1. The largest absolute Gasteiger partial charge is 0.393 e. The fourth-order valence-corrected chi connectivity index (χ4v) is 7.98. The van der Waals surface area contributed by atoms with Gasteiger partial charge in [-0.25, -0.2) is 0 Å². The molecule has 3 aliphatic carbocycles. The molecule has 0 spiro atoms. The lowest BCUT2D eigenvalue weighted by Crippen LogP contribution is -2.58. The highest BCUT2D eigenvalue weighted by Gasteiger charge is 2.63. The minimum atomic E-state index is -0.247. The van der Waals surface area contributed by atoms with E-state index in [1.54, 1.807) is 4.90 Å². The van der Waals surface area contributed by atoms with E-state index < -0.39 is 0 Å². The van der Waals surface area contributed by atoms with E-state index >= 15 is 0 Å². The Balaban J connectivity index is 1.94. The first-order valence-corrected chi connectivity index (χ1v) is 11.1. The highest BCUT2D eigenvalue weighted by molar-refractivity contribution is 5.79. The number of nitrogens with zero attached hydrogens (tertiary/aromatic N) is 1. The molecule has 0 radical (unpaired) electrons. The highest BCUT2D eigenvalue weighted by Crippen LogP contribution is 2.66. The molecule has 8 unspecified atom stereocenters. The van der Waals surface area contributed by atoms with Crippen molar-refractivity contribution in [3.05, 3.63) is 0 Å². The summed E-state index contributed by atoms with van der Waals surface area (Å²) in [6, 6.07) is 0. The number of rotatable bonds is 4. The lowest BCUT2D eigenvalue weighted by atomic mass is 9.45. The van der Waals surface area contributed by atoms with Crippen molar-refractivity contribution in [1.29, 1.82) is 0 Å². The first-order chi connectivity index (χ1) is 12.2. The summed E-state index contributed by atoms with van der Waals surface area (Å²) in [5.74, 6) is 2.75. The van der Waals surface area contributed by atoms with Crippen molar-refractivity contribution in [3.63, 3.8) is 0 Å². The summed E-state index contributed by atoms with van der Waals surface area (Å²) in [7, 11) is 3.76. The Bertz CT molecular complexity index is 532. The maximum atomic E-state index is 12.8. The molecule has 0 aromatic rings. The van der Waals surface area contributed by atoms with Crippen LogP contribution in [0.3, 0.4) is 0 Å². The van der Waals surface area contributed by atoms with Gasteiger partial charge in [-0.05, 0) is 73.0 Å². The van der Waals surface area contributed by atoms with Crippen LogP contribution in [0.15, 0.2) is 0 Å². The van der Waals surface area contributed by atoms with Gasteiger partial charge < -0.3 is 10.0 Å². The smallest absolute Gasteiger partial charge is 0.225 e. The molecule has 0 aromatic carbocycles. The maximum absolute atomic E-state index is 12.8. The second-order valence-electron chi connectivity index (χ2n) is 10.4. The molecule has 1 amide bonds. The van der Waals surface area contributed by atoms with Gasteiger partial charge in [-0.3, -0.25) is 4.79 Å². The number of hydrogen-bond donors (Lipinski definition) is 1. The van der Waals surface area contributed by atoms with Gasteiger partial charge in [-0.2, -0.15) is 0 Å². The molecule has 150 valence electrons. The molecular weight excluding hydrogens is 322 g/mol. The fraction of sp³-hybridized carbons (Fsp3) is 0.957. The lowest BCUT2D eigenvalue weighted by molar-refractivity contribution is -0.168. The topological polar surface area (TPSA) is 40.5 Å². The quantitative estimate of drug-likeness (QED) is 0.784. The molecule has 3 fully saturated rings.